The van der Waals surface area contributed by atoms with Crippen molar-refractivity contribution in [2.24, 2.45) is 5.92 Å². The Bertz CT molecular complexity index is 981. The van der Waals surface area contributed by atoms with Crippen molar-refractivity contribution in [3.05, 3.63) is 49.3 Å². The molecule has 1 N–H and O–H groups in total. The number of rotatable bonds is 4. The molecule has 1 atom stereocenters. The lowest BCUT2D eigenvalue weighted by Gasteiger charge is -2.35. The maximum atomic E-state index is 13.4. The normalized spacial score (nSPS) is 19.7. The third-order valence-corrected chi connectivity index (χ3v) is 5.81. The quantitative estimate of drug-likeness (QED) is 0.735. The second-order valence-corrected chi connectivity index (χ2v) is 7.70. The van der Waals surface area contributed by atoms with E-state index >= 15 is 0 Å². The molecule has 2 aromatic heterocycles. The van der Waals surface area contributed by atoms with Gasteiger partial charge in [0.2, 0.25) is 0 Å². The molecule has 3 aromatic rings. The van der Waals surface area contributed by atoms with Gasteiger partial charge in [-0.3, -0.25) is 9.69 Å². The Labute approximate surface area is 169 Å². The monoisotopic (exact) mass is 389 g/mol. The van der Waals surface area contributed by atoms with Gasteiger partial charge in [0, 0.05) is 12.4 Å². The fraction of sp³-hybridized carbons (Fsp3) is 0.381. The molecule has 1 aromatic carbocycles. The molecule has 2 aliphatic rings. The molecule has 8 nitrogen and oxygen atoms in total. The smallest absolute Gasteiger partial charge is 0.255 e. The number of fused-ring (bicyclic) bond motifs is 1. The molecular formula is C21H23N7O. The molecule has 1 aliphatic carbocycles. The third-order valence-electron chi connectivity index (χ3n) is 5.81. The van der Waals surface area contributed by atoms with Crippen LogP contribution in [0.25, 0.3) is 5.69 Å². The number of carbonyl (C=O) groups excluding carboxylic acids is 1. The van der Waals surface area contributed by atoms with Crippen LogP contribution in [-0.4, -0.2) is 36.7 Å². The number of hydrogen-bond acceptors (Lipinski definition) is 6. The molecule has 0 unspecified atom stereocenters. The molecule has 1 amide bonds. The van der Waals surface area contributed by atoms with E-state index < -0.39 is 0 Å². The standard InChI is InChI=1S/C21H23N7O/c29-21-18(12-15-4-2-1-3-5-15)26-19-20(24-11-10-23-19)28(21)17-8-6-16(7-9-17)27-14-22-13-25-27/h6-11,13-15,18H,1-5,12H2,(H,23,26)/t18-/m1/s1. The first-order chi connectivity index (χ1) is 14.3. The summed E-state index contributed by atoms with van der Waals surface area (Å²) in [6.45, 7) is 0. The van der Waals surface area contributed by atoms with E-state index in [1.165, 1.54) is 38.4 Å². The summed E-state index contributed by atoms with van der Waals surface area (Å²) in [6.07, 6.45) is 13.5. The summed E-state index contributed by atoms with van der Waals surface area (Å²) in [6, 6.07) is 7.39. The van der Waals surface area contributed by atoms with E-state index in [9.17, 15) is 4.79 Å². The maximum Gasteiger partial charge on any atom is 0.255 e. The van der Waals surface area contributed by atoms with Crippen LogP contribution >= 0.6 is 0 Å². The van der Waals surface area contributed by atoms with E-state index in [2.05, 4.69) is 25.4 Å². The van der Waals surface area contributed by atoms with Crippen LogP contribution in [0.2, 0.25) is 0 Å². The zero-order valence-electron chi connectivity index (χ0n) is 16.1. The second-order valence-electron chi connectivity index (χ2n) is 7.70. The van der Waals surface area contributed by atoms with Crippen molar-refractivity contribution in [3.8, 4) is 5.69 Å². The first-order valence-corrected chi connectivity index (χ1v) is 10.2. The van der Waals surface area contributed by atoms with Gasteiger partial charge < -0.3 is 5.32 Å². The second kappa shape index (κ2) is 7.62. The van der Waals surface area contributed by atoms with E-state index in [4.69, 9.17) is 0 Å². The van der Waals surface area contributed by atoms with Gasteiger partial charge in [0.1, 0.15) is 18.7 Å². The van der Waals surface area contributed by atoms with Crippen molar-refractivity contribution >= 4 is 23.2 Å². The maximum absolute atomic E-state index is 13.4. The van der Waals surface area contributed by atoms with E-state index in [0.717, 1.165) is 17.8 Å². The van der Waals surface area contributed by atoms with E-state index in [1.54, 1.807) is 28.3 Å². The molecule has 3 heterocycles. The van der Waals surface area contributed by atoms with Crippen LogP contribution in [0.3, 0.4) is 0 Å². The molecule has 0 bridgehead atoms. The fourth-order valence-corrected chi connectivity index (χ4v) is 4.34. The third kappa shape index (κ3) is 3.46. The summed E-state index contributed by atoms with van der Waals surface area (Å²) < 4.78 is 1.68. The van der Waals surface area contributed by atoms with E-state index in [1.807, 2.05) is 24.3 Å². The average molecular weight is 389 g/mol. The Morgan fingerprint density at radius 3 is 2.52 bits per heavy atom. The number of carbonyl (C=O) groups is 1. The lowest BCUT2D eigenvalue weighted by atomic mass is 9.84. The average Bonchev–Trinajstić information content (AvgIpc) is 3.30. The first kappa shape index (κ1) is 17.8. The minimum atomic E-state index is -0.280. The van der Waals surface area contributed by atoms with Gasteiger partial charge >= 0.3 is 0 Å². The SMILES string of the molecule is O=C1[C@@H](CC2CCCCC2)Nc2nccnc2N1c1ccc(-n2cncn2)cc1. The van der Waals surface area contributed by atoms with Crippen LogP contribution in [-0.2, 0) is 4.79 Å². The van der Waals surface area contributed by atoms with Crippen LogP contribution < -0.4 is 10.2 Å². The topological polar surface area (TPSA) is 88.8 Å². The van der Waals surface area contributed by atoms with Crippen molar-refractivity contribution in [3.63, 3.8) is 0 Å². The molecule has 0 radical (unpaired) electrons. The predicted molar refractivity (Wildman–Crippen MR) is 109 cm³/mol. The van der Waals surface area contributed by atoms with Crippen LogP contribution in [0.4, 0.5) is 17.3 Å². The van der Waals surface area contributed by atoms with Gasteiger partial charge in [0.25, 0.3) is 5.91 Å². The van der Waals surface area contributed by atoms with E-state index in [-0.39, 0.29) is 11.9 Å². The molecule has 1 aliphatic heterocycles. The largest absolute Gasteiger partial charge is 0.355 e. The van der Waals surface area contributed by atoms with Crippen molar-refractivity contribution < 1.29 is 4.79 Å². The Morgan fingerprint density at radius 1 is 1.00 bits per heavy atom. The minimum absolute atomic E-state index is 0.0251. The lowest BCUT2D eigenvalue weighted by molar-refractivity contribution is -0.119. The number of hydrogen-bond donors (Lipinski definition) is 1. The highest BCUT2D eigenvalue weighted by Gasteiger charge is 2.36. The van der Waals surface area contributed by atoms with Crippen LogP contribution in [0, 0.1) is 5.92 Å². The number of amides is 1. The molecule has 148 valence electrons. The Kier molecular flexibility index (Phi) is 4.67. The Morgan fingerprint density at radius 2 is 1.76 bits per heavy atom. The van der Waals surface area contributed by atoms with Crippen molar-refractivity contribution in [2.75, 3.05) is 10.2 Å². The van der Waals surface area contributed by atoms with Gasteiger partial charge in [-0.25, -0.2) is 19.6 Å². The van der Waals surface area contributed by atoms with Gasteiger partial charge in [0.05, 0.1) is 11.4 Å². The van der Waals surface area contributed by atoms with Crippen molar-refractivity contribution in [1.29, 1.82) is 0 Å². The molecular weight excluding hydrogens is 366 g/mol. The zero-order valence-corrected chi connectivity index (χ0v) is 16.1. The summed E-state index contributed by atoms with van der Waals surface area (Å²) in [7, 11) is 0. The molecule has 1 saturated carbocycles. The summed E-state index contributed by atoms with van der Waals surface area (Å²) in [4.78, 5) is 28.0. The highest BCUT2D eigenvalue weighted by atomic mass is 16.2. The Balaban J connectivity index is 1.46. The first-order valence-electron chi connectivity index (χ1n) is 10.2. The molecule has 29 heavy (non-hydrogen) atoms. The molecule has 5 rings (SSSR count). The Hall–Kier alpha value is -3.29. The van der Waals surface area contributed by atoms with Crippen LogP contribution in [0.1, 0.15) is 38.5 Å². The van der Waals surface area contributed by atoms with Gasteiger partial charge in [-0.2, -0.15) is 5.10 Å². The van der Waals surface area contributed by atoms with Crippen molar-refractivity contribution in [1.82, 2.24) is 24.7 Å². The fourth-order valence-electron chi connectivity index (χ4n) is 4.34. The van der Waals surface area contributed by atoms with Crippen LogP contribution in [0.15, 0.2) is 49.3 Å². The lowest BCUT2D eigenvalue weighted by Crippen LogP contribution is -2.46. The van der Waals surface area contributed by atoms with Gasteiger partial charge in [0.15, 0.2) is 11.6 Å². The zero-order chi connectivity index (χ0) is 19.6. The highest BCUT2D eigenvalue weighted by molar-refractivity contribution is 6.08. The molecule has 8 heteroatoms. The molecule has 0 spiro atoms. The predicted octanol–water partition coefficient (Wildman–Crippen LogP) is 3.49. The number of aromatic nitrogens is 5. The molecule has 0 saturated heterocycles. The van der Waals surface area contributed by atoms with Gasteiger partial charge in [-0.1, -0.05) is 32.1 Å². The number of nitrogens with one attached hydrogen (secondary N) is 1. The summed E-state index contributed by atoms with van der Waals surface area (Å²) in [5.74, 6) is 1.82. The number of nitrogens with zero attached hydrogens (tertiary/aromatic N) is 6. The highest BCUT2D eigenvalue weighted by Crippen LogP contribution is 2.37. The van der Waals surface area contributed by atoms with Crippen molar-refractivity contribution in [2.45, 2.75) is 44.6 Å². The van der Waals surface area contributed by atoms with E-state index in [0.29, 0.717) is 17.6 Å². The minimum Gasteiger partial charge on any atom is -0.355 e. The molecule has 1 fully saturated rings. The number of anilines is 3. The summed E-state index contributed by atoms with van der Waals surface area (Å²) >= 11 is 0. The summed E-state index contributed by atoms with van der Waals surface area (Å²) in [5.41, 5.74) is 1.66. The van der Waals surface area contributed by atoms with Gasteiger partial charge in [-0.05, 0) is 36.6 Å². The van der Waals surface area contributed by atoms with Crippen LogP contribution in [0.5, 0.6) is 0 Å². The van der Waals surface area contributed by atoms with Gasteiger partial charge in [-0.15, -0.1) is 0 Å². The number of benzene rings is 1. The summed E-state index contributed by atoms with van der Waals surface area (Å²) in [5, 5.41) is 7.49.